The van der Waals surface area contributed by atoms with Gasteiger partial charge in [0.1, 0.15) is 11.7 Å². The first kappa shape index (κ1) is 24.9. The molecule has 3 aromatic heterocycles. The number of hydrogen-bond donors (Lipinski definition) is 0. The van der Waals surface area contributed by atoms with Gasteiger partial charge in [0, 0.05) is 30.9 Å². The van der Waals surface area contributed by atoms with E-state index in [1.54, 1.807) is 18.5 Å². The lowest BCUT2D eigenvalue weighted by Crippen LogP contribution is -2.39. The molecule has 1 aliphatic heterocycles. The minimum Gasteiger partial charge on any atom is -0.355 e. The molecule has 0 fully saturated rings. The van der Waals surface area contributed by atoms with Crippen molar-refractivity contribution in [2.75, 3.05) is 11.4 Å². The van der Waals surface area contributed by atoms with Crippen LogP contribution in [0, 0.1) is 6.92 Å². The van der Waals surface area contributed by atoms with Crippen LogP contribution in [-0.2, 0) is 18.9 Å². The first-order chi connectivity index (χ1) is 18.8. The van der Waals surface area contributed by atoms with Crippen LogP contribution in [0.15, 0.2) is 79.3 Å². The molecule has 2 aromatic carbocycles. The number of fused-ring (bicyclic) bond motifs is 1. The van der Waals surface area contributed by atoms with Crippen molar-refractivity contribution in [3.8, 4) is 17.2 Å². The number of halogens is 2. The second-order valence-electron chi connectivity index (χ2n) is 9.90. The predicted octanol–water partition coefficient (Wildman–Crippen LogP) is 6.12. The van der Waals surface area contributed by atoms with E-state index in [4.69, 9.17) is 15.1 Å². The third kappa shape index (κ3) is 4.69. The van der Waals surface area contributed by atoms with Gasteiger partial charge in [0.05, 0.1) is 29.9 Å². The molecule has 39 heavy (non-hydrogen) atoms. The van der Waals surface area contributed by atoms with Gasteiger partial charge in [-0.15, -0.1) is 5.10 Å². The lowest BCUT2D eigenvalue weighted by Gasteiger charge is -2.37. The largest absolute Gasteiger partial charge is 0.355 e. The monoisotopic (exact) mass is 525 g/mol. The van der Waals surface area contributed by atoms with Crippen molar-refractivity contribution in [3.05, 3.63) is 108 Å². The van der Waals surface area contributed by atoms with Crippen LogP contribution in [0.3, 0.4) is 0 Å². The molecule has 0 radical (unpaired) electrons. The van der Waals surface area contributed by atoms with Gasteiger partial charge >= 0.3 is 0 Å². The van der Waals surface area contributed by atoms with E-state index >= 15 is 0 Å². The summed E-state index contributed by atoms with van der Waals surface area (Å²) in [6.45, 7) is 6.29. The fourth-order valence-electron chi connectivity index (χ4n) is 5.15. The second-order valence-corrected chi connectivity index (χ2v) is 9.90. The number of para-hydroxylation sites is 1. The van der Waals surface area contributed by atoms with Crippen molar-refractivity contribution in [2.45, 2.75) is 45.7 Å². The average molecular weight is 526 g/mol. The molecule has 0 unspecified atom stereocenters. The number of benzene rings is 2. The zero-order valence-corrected chi connectivity index (χ0v) is 22.1. The maximum Gasteiger partial charge on any atom is 0.270 e. The van der Waals surface area contributed by atoms with Gasteiger partial charge in [-0.25, -0.2) is 28.4 Å². The van der Waals surface area contributed by atoms with Crippen LogP contribution in [-0.4, -0.2) is 35.8 Å². The number of anilines is 1. The Morgan fingerprint density at radius 3 is 2.38 bits per heavy atom. The van der Waals surface area contributed by atoms with Crippen molar-refractivity contribution < 1.29 is 8.78 Å². The van der Waals surface area contributed by atoms with Gasteiger partial charge in [-0.05, 0) is 43.2 Å². The highest BCUT2D eigenvalue weighted by Crippen LogP contribution is 2.37. The minimum atomic E-state index is -2.90. The molecule has 4 heterocycles. The van der Waals surface area contributed by atoms with Gasteiger partial charge in [-0.2, -0.15) is 0 Å². The molecule has 1 atom stereocenters. The Morgan fingerprint density at radius 2 is 1.72 bits per heavy atom. The van der Waals surface area contributed by atoms with Crippen LogP contribution in [0.2, 0.25) is 0 Å². The highest BCUT2D eigenvalue weighted by Gasteiger charge is 2.33. The van der Waals surface area contributed by atoms with Gasteiger partial charge in [-0.1, -0.05) is 49.4 Å². The van der Waals surface area contributed by atoms with E-state index in [9.17, 15) is 8.78 Å². The molecule has 0 aliphatic carbocycles. The summed E-state index contributed by atoms with van der Waals surface area (Å²) in [6.07, 6.45) is 4.51. The highest BCUT2D eigenvalue weighted by atomic mass is 19.3. The van der Waals surface area contributed by atoms with Crippen LogP contribution in [0.1, 0.15) is 48.2 Å². The molecule has 6 rings (SSSR count). The lowest BCUT2D eigenvalue weighted by molar-refractivity contribution is 0.0174. The standard InChI is InChI=1S/C30H29F2N7/c1-4-24-26(37-18-20(2)33-19-37)15-14-25(34-24)28-35-29-27(21-10-12-22(13-11-21)30(3,31)32)38(16-17-39(29)36-28)23-8-6-5-7-9-23/h5-15,18-19,27H,4,16-17H2,1-3H3/t27-/m1/s1. The zero-order valence-electron chi connectivity index (χ0n) is 22.1. The first-order valence-corrected chi connectivity index (χ1v) is 13.1. The Bertz CT molecular complexity index is 1600. The molecular weight excluding hydrogens is 496 g/mol. The fraction of sp³-hybridized carbons (Fsp3) is 0.267. The van der Waals surface area contributed by atoms with Gasteiger partial charge in [-0.3, -0.25) is 0 Å². The molecule has 0 bridgehead atoms. The number of rotatable bonds is 6. The van der Waals surface area contributed by atoms with Gasteiger partial charge in [0.25, 0.3) is 5.92 Å². The number of nitrogens with zero attached hydrogens (tertiary/aromatic N) is 7. The summed E-state index contributed by atoms with van der Waals surface area (Å²) in [5.41, 5.74) is 5.44. The Hall–Kier alpha value is -4.40. The van der Waals surface area contributed by atoms with Crippen molar-refractivity contribution in [1.29, 1.82) is 0 Å². The van der Waals surface area contributed by atoms with E-state index in [0.717, 1.165) is 47.5 Å². The summed E-state index contributed by atoms with van der Waals surface area (Å²) >= 11 is 0. The first-order valence-electron chi connectivity index (χ1n) is 13.1. The van der Waals surface area contributed by atoms with Gasteiger partial charge < -0.3 is 9.47 Å². The van der Waals surface area contributed by atoms with E-state index in [1.165, 1.54) is 12.1 Å². The highest BCUT2D eigenvalue weighted by molar-refractivity contribution is 5.56. The lowest BCUT2D eigenvalue weighted by atomic mass is 9.99. The number of alkyl halides is 2. The third-order valence-corrected chi connectivity index (χ3v) is 7.13. The number of imidazole rings is 1. The molecule has 0 saturated heterocycles. The Balaban J connectivity index is 1.42. The van der Waals surface area contributed by atoms with Crippen LogP contribution < -0.4 is 4.90 Å². The normalized spacial score (nSPS) is 15.4. The molecule has 0 saturated carbocycles. The summed E-state index contributed by atoms with van der Waals surface area (Å²) in [7, 11) is 0. The summed E-state index contributed by atoms with van der Waals surface area (Å²) in [5.74, 6) is -1.60. The third-order valence-electron chi connectivity index (χ3n) is 7.13. The maximum absolute atomic E-state index is 14.0. The SMILES string of the molecule is CCc1nc(-c2nc3n(n2)CCN(c2ccccc2)[C@@H]3c2ccc(C(C)(F)F)cc2)ccc1-n1cnc(C)c1. The smallest absolute Gasteiger partial charge is 0.270 e. The fourth-order valence-corrected chi connectivity index (χ4v) is 5.15. The van der Waals surface area contributed by atoms with E-state index in [2.05, 4.69) is 28.9 Å². The summed E-state index contributed by atoms with van der Waals surface area (Å²) in [5, 5.41) is 4.84. The van der Waals surface area contributed by atoms with E-state index in [-0.39, 0.29) is 11.6 Å². The van der Waals surface area contributed by atoms with E-state index in [1.807, 2.05) is 52.7 Å². The average Bonchev–Trinajstić information content (AvgIpc) is 3.58. The van der Waals surface area contributed by atoms with Crippen LogP contribution in [0.5, 0.6) is 0 Å². The second kappa shape index (κ2) is 9.72. The molecule has 7 nitrogen and oxygen atoms in total. The summed E-state index contributed by atoms with van der Waals surface area (Å²) in [4.78, 5) is 16.5. The van der Waals surface area contributed by atoms with Gasteiger partial charge in [0.15, 0.2) is 11.6 Å². The molecule has 0 N–H and O–H groups in total. The zero-order chi connectivity index (χ0) is 27.1. The minimum absolute atomic E-state index is 0.0139. The Kier molecular flexibility index (Phi) is 6.21. The van der Waals surface area contributed by atoms with Crippen LogP contribution >= 0.6 is 0 Å². The summed E-state index contributed by atoms with van der Waals surface area (Å²) in [6, 6.07) is 20.3. The molecule has 198 valence electrons. The Morgan fingerprint density at radius 1 is 0.949 bits per heavy atom. The van der Waals surface area contributed by atoms with Crippen LogP contribution in [0.4, 0.5) is 14.5 Å². The van der Waals surface area contributed by atoms with Gasteiger partial charge in [0.2, 0.25) is 0 Å². The molecule has 5 aromatic rings. The van der Waals surface area contributed by atoms with E-state index < -0.39 is 5.92 Å². The quantitative estimate of drug-likeness (QED) is 0.267. The topological polar surface area (TPSA) is 64.7 Å². The van der Waals surface area contributed by atoms with E-state index in [0.29, 0.717) is 24.6 Å². The molecule has 9 heteroatoms. The predicted molar refractivity (Wildman–Crippen MR) is 146 cm³/mol. The van der Waals surface area contributed by atoms with Crippen molar-refractivity contribution >= 4 is 5.69 Å². The maximum atomic E-state index is 14.0. The van der Waals surface area contributed by atoms with Crippen molar-refractivity contribution in [3.63, 3.8) is 0 Å². The van der Waals surface area contributed by atoms with Crippen LogP contribution in [0.25, 0.3) is 17.2 Å². The number of aromatic nitrogens is 6. The van der Waals surface area contributed by atoms with Crippen molar-refractivity contribution in [2.24, 2.45) is 0 Å². The summed E-state index contributed by atoms with van der Waals surface area (Å²) < 4.78 is 31.8. The molecule has 0 spiro atoms. The number of pyridine rings is 1. The number of hydrogen-bond acceptors (Lipinski definition) is 5. The molecule has 1 aliphatic rings. The molecular formula is C30H29F2N7. The number of aryl methyl sites for hydroxylation is 2. The van der Waals surface area contributed by atoms with Crippen molar-refractivity contribution in [1.82, 2.24) is 29.3 Å². The Labute approximate surface area is 225 Å². The molecule has 0 amide bonds.